The fourth-order valence-electron chi connectivity index (χ4n) is 1.80. The van der Waals surface area contributed by atoms with Gasteiger partial charge in [-0.25, -0.2) is 4.98 Å². The summed E-state index contributed by atoms with van der Waals surface area (Å²) in [6.45, 7) is 6.77. The molecule has 0 atom stereocenters. The zero-order valence-corrected chi connectivity index (χ0v) is 10.8. The topological polar surface area (TPSA) is 54.5 Å². The second kappa shape index (κ2) is 5.82. The third kappa shape index (κ3) is 2.98. The Morgan fingerprint density at radius 1 is 1.44 bits per heavy atom. The minimum absolute atomic E-state index is 0.0116. The second-order valence-corrected chi connectivity index (χ2v) is 4.62. The van der Waals surface area contributed by atoms with Gasteiger partial charge in [0.2, 0.25) is 5.91 Å². The summed E-state index contributed by atoms with van der Waals surface area (Å²) in [5, 5.41) is 2.92. The number of pyridine rings is 1. The van der Waals surface area contributed by atoms with Crippen molar-refractivity contribution in [1.82, 2.24) is 4.98 Å². The van der Waals surface area contributed by atoms with Gasteiger partial charge in [-0.05, 0) is 12.1 Å². The largest absolute Gasteiger partial charge is 0.378 e. The van der Waals surface area contributed by atoms with Gasteiger partial charge in [0, 0.05) is 25.2 Å². The molecule has 0 bridgehead atoms. The number of hydrogen-bond acceptors (Lipinski definition) is 4. The van der Waals surface area contributed by atoms with Crippen LogP contribution in [0.1, 0.15) is 13.8 Å². The van der Waals surface area contributed by atoms with Gasteiger partial charge in [0.05, 0.1) is 18.9 Å². The number of ether oxygens (including phenoxy) is 1. The van der Waals surface area contributed by atoms with Crippen LogP contribution in [0.25, 0.3) is 0 Å². The first-order valence-electron chi connectivity index (χ1n) is 6.27. The van der Waals surface area contributed by atoms with E-state index in [0.717, 1.165) is 24.6 Å². The summed E-state index contributed by atoms with van der Waals surface area (Å²) in [6, 6.07) is 3.72. The number of amides is 1. The van der Waals surface area contributed by atoms with Gasteiger partial charge in [-0.15, -0.1) is 0 Å². The Balaban J connectivity index is 2.16. The van der Waals surface area contributed by atoms with Crippen molar-refractivity contribution in [1.29, 1.82) is 0 Å². The van der Waals surface area contributed by atoms with Gasteiger partial charge >= 0.3 is 0 Å². The number of carbonyl (C=O) groups is 1. The first kappa shape index (κ1) is 12.8. The van der Waals surface area contributed by atoms with E-state index < -0.39 is 0 Å². The predicted molar refractivity (Wildman–Crippen MR) is 70.7 cm³/mol. The van der Waals surface area contributed by atoms with E-state index in [0.29, 0.717) is 13.2 Å². The molecule has 1 saturated heterocycles. The molecule has 1 fully saturated rings. The van der Waals surface area contributed by atoms with Gasteiger partial charge < -0.3 is 15.0 Å². The molecular weight excluding hydrogens is 230 g/mol. The van der Waals surface area contributed by atoms with Crippen LogP contribution < -0.4 is 10.2 Å². The Bertz CT molecular complexity index is 414. The molecule has 1 aliphatic heterocycles. The van der Waals surface area contributed by atoms with Gasteiger partial charge in [0.1, 0.15) is 0 Å². The van der Waals surface area contributed by atoms with Crippen molar-refractivity contribution in [2.75, 3.05) is 36.5 Å². The van der Waals surface area contributed by atoms with Crippen molar-refractivity contribution in [3.8, 4) is 0 Å². The fourth-order valence-corrected chi connectivity index (χ4v) is 1.80. The summed E-state index contributed by atoms with van der Waals surface area (Å²) in [7, 11) is 0. The molecule has 0 radical (unpaired) electrons. The molecule has 1 amide bonds. The molecule has 1 aromatic heterocycles. The standard InChI is InChI=1S/C13H19N3O2/c1-10(2)13(17)15-11-4-3-5-14-12(11)16-6-8-18-9-7-16/h3-5,10H,6-9H2,1-2H3,(H,15,17). The van der Waals surface area contributed by atoms with E-state index in [1.807, 2.05) is 26.0 Å². The molecule has 1 N–H and O–H groups in total. The maximum absolute atomic E-state index is 11.8. The van der Waals surface area contributed by atoms with Gasteiger partial charge in [-0.3, -0.25) is 4.79 Å². The molecule has 0 unspecified atom stereocenters. The average molecular weight is 249 g/mol. The van der Waals surface area contributed by atoms with Crippen LogP contribution in [-0.4, -0.2) is 37.2 Å². The number of aromatic nitrogens is 1. The molecule has 2 rings (SSSR count). The Morgan fingerprint density at radius 3 is 2.83 bits per heavy atom. The lowest BCUT2D eigenvalue weighted by Gasteiger charge is -2.29. The molecule has 0 saturated carbocycles. The van der Waals surface area contributed by atoms with E-state index >= 15 is 0 Å². The zero-order chi connectivity index (χ0) is 13.0. The molecule has 18 heavy (non-hydrogen) atoms. The lowest BCUT2D eigenvalue weighted by atomic mass is 10.2. The summed E-state index contributed by atoms with van der Waals surface area (Å²) < 4.78 is 5.32. The number of anilines is 2. The molecule has 98 valence electrons. The maximum atomic E-state index is 11.8. The molecule has 0 spiro atoms. The Morgan fingerprint density at radius 2 is 2.17 bits per heavy atom. The summed E-state index contributed by atoms with van der Waals surface area (Å²) in [5.74, 6) is 0.801. The van der Waals surface area contributed by atoms with E-state index in [-0.39, 0.29) is 11.8 Å². The van der Waals surface area contributed by atoms with Crippen LogP contribution in [0.5, 0.6) is 0 Å². The molecule has 5 heteroatoms. The maximum Gasteiger partial charge on any atom is 0.227 e. The van der Waals surface area contributed by atoms with Crippen LogP contribution in [0.2, 0.25) is 0 Å². The Kier molecular flexibility index (Phi) is 4.15. The zero-order valence-electron chi connectivity index (χ0n) is 10.8. The summed E-state index contributed by atoms with van der Waals surface area (Å²) in [6.07, 6.45) is 1.75. The van der Waals surface area contributed by atoms with Crippen molar-refractivity contribution in [2.24, 2.45) is 5.92 Å². The SMILES string of the molecule is CC(C)C(=O)Nc1cccnc1N1CCOCC1. The minimum Gasteiger partial charge on any atom is -0.378 e. The number of morpholine rings is 1. The number of nitrogens with zero attached hydrogens (tertiary/aromatic N) is 2. The second-order valence-electron chi connectivity index (χ2n) is 4.62. The highest BCUT2D eigenvalue weighted by Gasteiger charge is 2.17. The number of nitrogens with one attached hydrogen (secondary N) is 1. The van der Waals surface area contributed by atoms with Crippen molar-refractivity contribution >= 4 is 17.4 Å². The summed E-state index contributed by atoms with van der Waals surface area (Å²) in [5.41, 5.74) is 0.776. The number of hydrogen-bond donors (Lipinski definition) is 1. The van der Waals surface area contributed by atoms with Gasteiger partial charge in [-0.2, -0.15) is 0 Å². The highest BCUT2D eigenvalue weighted by Crippen LogP contribution is 2.23. The predicted octanol–water partition coefficient (Wildman–Crippen LogP) is 1.51. The third-order valence-electron chi connectivity index (χ3n) is 2.88. The Hall–Kier alpha value is -1.62. The Labute approximate surface area is 107 Å². The van der Waals surface area contributed by atoms with E-state index in [9.17, 15) is 4.79 Å². The highest BCUT2D eigenvalue weighted by molar-refractivity contribution is 5.94. The molecule has 1 aliphatic rings. The van der Waals surface area contributed by atoms with Gasteiger partial charge in [0.15, 0.2) is 5.82 Å². The first-order valence-corrected chi connectivity index (χ1v) is 6.27. The van der Waals surface area contributed by atoms with E-state index in [4.69, 9.17) is 4.74 Å². The summed E-state index contributed by atoms with van der Waals surface area (Å²) in [4.78, 5) is 18.3. The molecular formula is C13H19N3O2. The molecule has 0 aromatic carbocycles. The molecule has 2 heterocycles. The van der Waals surface area contributed by atoms with Gasteiger partial charge in [0.25, 0.3) is 0 Å². The van der Waals surface area contributed by atoms with Crippen LogP contribution in [0, 0.1) is 5.92 Å². The van der Waals surface area contributed by atoms with Crippen LogP contribution in [0.3, 0.4) is 0 Å². The molecule has 1 aromatic rings. The lowest BCUT2D eigenvalue weighted by Crippen LogP contribution is -2.37. The smallest absolute Gasteiger partial charge is 0.227 e. The van der Waals surface area contributed by atoms with Gasteiger partial charge in [-0.1, -0.05) is 13.8 Å². The fraction of sp³-hybridized carbons (Fsp3) is 0.538. The van der Waals surface area contributed by atoms with Crippen molar-refractivity contribution in [3.63, 3.8) is 0 Å². The van der Waals surface area contributed by atoms with E-state index in [1.165, 1.54) is 0 Å². The normalized spacial score (nSPS) is 15.8. The quantitative estimate of drug-likeness (QED) is 0.882. The average Bonchev–Trinajstić information content (AvgIpc) is 2.40. The third-order valence-corrected chi connectivity index (χ3v) is 2.88. The minimum atomic E-state index is -0.0391. The highest BCUT2D eigenvalue weighted by atomic mass is 16.5. The van der Waals surface area contributed by atoms with Crippen molar-refractivity contribution in [2.45, 2.75) is 13.8 Å². The molecule has 0 aliphatic carbocycles. The van der Waals surface area contributed by atoms with E-state index in [1.54, 1.807) is 6.20 Å². The number of carbonyl (C=O) groups excluding carboxylic acids is 1. The summed E-state index contributed by atoms with van der Waals surface area (Å²) >= 11 is 0. The van der Waals surface area contributed by atoms with Crippen LogP contribution in [0.15, 0.2) is 18.3 Å². The van der Waals surface area contributed by atoms with Crippen LogP contribution >= 0.6 is 0 Å². The van der Waals surface area contributed by atoms with E-state index in [2.05, 4.69) is 15.2 Å². The van der Waals surface area contributed by atoms with Crippen molar-refractivity contribution in [3.05, 3.63) is 18.3 Å². The van der Waals surface area contributed by atoms with Crippen molar-refractivity contribution < 1.29 is 9.53 Å². The van der Waals surface area contributed by atoms with Crippen LogP contribution in [-0.2, 0) is 9.53 Å². The number of rotatable bonds is 3. The van der Waals surface area contributed by atoms with Crippen LogP contribution in [0.4, 0.5) is 11.5 Å². The molecule has 5 nitrogen and oxygen atoms in total. The lowest BCUT2D eigenvalue weighted by molar-refractivity contribution is -0.118. The monoisotopic (exact) mass is 249 g/mol. The first-order chi connectivity index (χ1) is 8.68.